The predicted octanol–water partition coefficient (Wildman–Crippen LogP) is 1.05. The maximum Gasteiger partial charge on any atom is 0.234 e. The number of hydrogen-bond donors (Lipinski definition) is 3. The maximum absolute atomic E-state index is 10.9. The first-order valence-electron chi connectivity index (χ1n) is 3.87. The van der Waals surface area contributed by atoms with Gasteiger partial charge in [-0.3, -0.25) is 4.79 Å². The van der Waals surface area contributed by atoms with Gasteiger partial charge in [-0.15, -0.1) is 0 Å². The van der Waals surface area contributed by atoms with Crippen LogP contribution in [0.1, 0.15) is 5.56 Å². The number of amides is 1. The van der Waals surface area contributed by atoms with Crippen LogP contribution in [0.4, 0.5) is 5.69 Å². The van der Waals surface area contributed by atoms with Gasteiger partial charge in [0, 0.05) is 5.69 Å². The van der Waals surface area contributed by atoms with E-state index in [-0.39, 0.29) is 18.3 Å². The Morgan fingerprint density at radius 2 is 2.00 bits per heavy atom. The molecule has 0 saturated heterocycles. The van der Waals surface area contributed by atoms with Crippen LogP contribution in [0.3, 0.4) is 0 Å². The van der Waals surface area contributed by atoms with Crippen LogP contribution in [0.15, 0.2) is 24.3 Å². The highest BCUT2D eigenvalue weighted by atomic mass is 32.1. The number of aliphatic hydroxyl groups excluding tert-OH is 1. The van der Waals surface area contributed by atoms with Gasteiger partial charge in [-0.05, 0) is 17.7 Å². The van der Waals surface area contributed by atoms with Crippen LogP contribution in [0, 0.1) is 0 Å². The molecule has 0 aromatic heterocycles. The fourth-order valence-electron chi connectivity index (χ4n) is 0.894. The molecular weight excluding hydrogens is 186 g/mol. The van der Waals surface area contributed by atoms with Crippen LogP contribution < -0.4 is 5.32 Å². The van der Waals surface area contributed by atoms with Crippen LogP contribution in [0.25, 0.3) is 0 Å². The van der Waals surface area contributed by atoms with E-state index < -0.39 is 0 Å². The van der Waals surface area contributed by atoms with E-state index in [4.69, 9.17) is 5.11 Å². The van der Waals surface area contributed by atoms with Crippen LogP contribution in [0.2, 0.25) is 0 Å². The largest absolute Gasteiger partial charge is 0.392 e. The number of rotatable bonds is 3. The van der Waals surface area contributed by atoms with E-state index >= 15 is 0 Å². The monoisotopic (exact) mass is 197 g/mol. The number of benzene rings is 1. The normalized spacial score (nSPS) is 9.69. The van der Waals surface area contributed by atoms with E-state index in [9.17, 15) is 4.79 Å². The number of anilines is 1. The molecule has 0 aliphatic rings. The Labute approximate surface area is 82.2 Å². The maximum atomic E-state index is 10.9. The molecule has 1 aromatic rings. The summed E-state index contributed by atoms with van der Waals surface area (Å²) >= 11 is 3.83. The highest BCUT2D eigenvalue weighted by Crippen LogP contribution is 2.09. The van der Waals surface area contributed by atoms with Gasteiger partial charge in [0.05, 0.1) is 12.4 Å². The molecule has 0 saturated carbocycles. The molecule has 4 heteroatoms. The van der Waals surface area contributed by atoms with Crippen LogP contribution in [-0.4, -0.2) is 16.8 Å². The lowest BCUT2D eigenvalue weighted by Crippen LogP contribution is -2.12. The Bertz CT molecular complexity index is 284. The lowest BCUT2D eigenvalue weighted by Gasteiger charge is -2.03. The first kappa shape index (κ1) is 10.1. The van der Waals surface area contributed by atoms with Gasteiger partial charge < -0.3 is 10.4 Å². The van der Waals surface area contributed by atoms with Gasteiger partial charge >= 0.3 is 0 Å². The molecule has 3 nitrogen and oxygen atoms in total. The second-order valence-electron chi connectivity index (χ2n) is 2.56. The Morgan fingerprint density at radius 1 is 1.38 bits per heavy atom. The molecule has 0 radical (unpaired) electrons. The Balaban J connectivity index is 2.64. The van der Waals surface area contributed by atoms with E-state index in [1.54, 1.807) is 24.3 Å². The summed E-state index contributed by atoms with van der Waals surface area (Å²) in [5, 5.41) is 11.4. The van der Waals surface area contributed by atoms with Gasteiger partial charge in [-0.25, -0.2) is 0 Å². The SMILES string of the molecule is O=C(CS)Nc1ccc(CO)cc1. The molecule has 0 fully saturated rings. The van der Waals surface area contributed by atoms with Crippen molar-refractivity contribution in [3.05, 3.63) is 29.8 Å². The van der Waals surface area contributed by atoms with Gasteiger partial charge in [-0.2, -0.15) is 12.6 Å². The first-order valence-corrected chi connectivity index (χ1v) is 4.50. The van der Waals surface area contributed by atoms with E-state index in [1.165, 1.54) is 0 Å². The zero-order valence-corrected chi connectivity index (χ0v) is 7.92. The molecule has 70 valence electrons. The standard InChI is InChI=1S/C9H11NO2S/c11-5-7-1-3-8(4-2-7)10-9(12)6-13/h1-4,11,13H,5-6H2,(H,10,12). The molecule has 13 heavy (non-hydrogen) atoms. The van der Waals surface area contributed by atoms with Crippen molar-refractivity contribution in [2.75, 3.05) is 11.1 Å². The molecular formula is C9H11NO2S. The van der Waals surface area contributed by atoms with Gasteiger partial charge in [0.2, 0.25) is 5.91 Å². The quantitative estimate of drug-likeness (QED) is 0.634. The van der Waals surface area contributed by atoms with E-state index in [0.29, 0.717) is 0 Å². The van der Waals surface area contributed by atoms with Crippen LogP contribution >= 0.6 is 12.6 Å². The number of carbonyl (C=O) groups is 1. The zero-order valence-electron chi connectivity index (χ0n) is 7.03. The average molecular weight is 197 g/mol. The summed E-state index contributed by atoms with van der Waals surface area (Å²) in [7, 11) is 0. The van der Waals surface area contributed by atoms with Gasteiger partial charge in [0.15, 0.2) is 0 Å². The Morgan fingerprint density at radius 3 is 2.46 bits per heavy atom. The lowest BCUT2D eigenvalue weighted by molar-refractivity contribution is -0.113. The van der Waals surface area contributed by atoms with E-state index in [0.717, 1.165) is 11.3 Å². The smallest absolute Gasteiger partial charge is 0.234 e. The number of carbonyl (C=O) groups excluding carboxylic acids is 1. The molecule has 2 N–H and O–H groups in total. The molecule has 0 bridgehead atoms. The van der Waals surface area contributed by atoms with Crippen molar-refractivity contribution < 1.29 is 9.90 Å². The number of nitrogens with one attached hydrogen (secondary N) is 1. The van der Waals surface area contributed by atoms with Crippen LogP contribution in [-0.2, 0) is 11.4 Å². The predicted molar refractivity (Wildman–Crippen MR) is 54.8 cm³/mol. The fraction of sp³-hybridized carbons (Fsp3) is 0.222. The van der Waals surface area contributed by atoms with Crippen molar-refractivity contribution in [3.8, 4) is 0 Å². The lowest BCUT2D eigenvalue weighted by atomic mass is 10.2. The topological polar surface area (TPSA) is 49.3 Å². The van der Waals surface area contributed by atoms with Crippen molar-refractivity contribution in [2.45, 2.75) is 6.61 Å². The summed E-state index contributed by atoms with van der Waals surface area (Å²) in [6.07, 6.45) is 0. The average Bonchev–Trinajstić information content (AvgIpc) is 2.19. The summed E-state index contributed by atoms with van der Waals surface area (Å²) < 4.78 is 0. The molecule has 0 aliphatic carbocycles. The second kappa shape index (κ2) is 4.89. The highest BCUT2D eigenvalue weighted by molar-refractivity contribution is 7.81. The van der Waals surface area contributed by atoms with E-state index in [2.05, 4.69) is 17.9 Å². The van der Waals surface area contributed by atoms with E-state index in [1.807, 2.05) is 0 Å². The van der Waals surface area contributed by atoms with Gasteiger partial charge in [0.25, 0.3) is 0 Å². The number of hydrogen-bond acceptors (Lipinski definition) is 3. The Hall–Kier alpha value is -1.00. The summed E-state index contributed by atoms with van der Waals surface area (Å²) in [5.41, 5.74) is 1.54. The zero-order chi connectivity index (χ0) is 9.68. The molecule has 1 aromatic carbocycles. The van der Waals surface area contributed by atoms with Crippen molar-refractivity contribution in [1.29, 1.82) is 0 Å². The minimum absolute atomic E-state index is 0.0147. The van der Waals surface area contributed by atoms with Crippen molar-refractivity contribution in [2.24, 2.45) is 0 Å². The Kier molecular flexibility index (Phi) is 3.79. The summed E-state index contributed by atoms with van der Waals surface area (Å²) in [6.45, 7) is 0.0147. The third-order valence-electron chi connectivity index (χ3n) is 1.56. The molecule has 0 atom stereocenters. The molecule has 1 amide bonds. The summed E-state index contributed by atoms with van der Waals surface area (Å²) in [5.74, 6) is 0.0296. The third-order valence-corrected chi connectivity index (χ3v) is 1.85. The molecule has 0 unspecified atom stereocenters. The minimum Gasteiger partial charge on any atom is -0.392 e. The second-order valence-corrected chi connectivity index (χ2v) is 2.88. The van der Waals surface area contributed by atoms with Crippen LogP contribution in [0.5, 0.6) is 0 Å². The van der Waals surface area contributed by atoms with Crippen molar-refractivity contribution in [3.63, 3.8) is 0 Å². The summed E-state index contributed by atoms with van der Waals surface area (Å²) in [6, 6.07) is 7.00. The first-order chi connectivity index (χ1) is 6.26. The number of thiol groups is 1. The molecule has 0 heterocycles. The minimum atomic E-state index is -0.139. The van der Waals surface area contributed by atoms with Crippen molar-refractivity contribution in [1.82, 2.24) is 0 Å². The number of aliphatic hydroxyl groups is 1. The van der Waals surface area contributed by atoms with Crippen molar-refractivity contribution >= 4 is 24.2 Å². The van der Waals surface area contributed by atoms with Gasteiger partial charge in [-0.1, -0.05) is 12.1 Å². The summed E-state index contributed by atoms with van der Waals surface area (Å²) in [4.78, 5) is 10.9. The third kappa shape index (κ3) is 3.08. The molecule has 0 aliphatic heterocycles. The van der Waals surface area contributed by atoms with Gasteiger partial charge in [0.1, 0.15) is 0 Å². The molecule has 0 spiro atoms. The molecule has 1 rings (SSSR count). The fourth-order valence-corrected chi connectivity index (χ4v) is 0.973. The highest BCUT2D eigenvalue weighted by Gasteiger charge is 1.98.